The van der Waals surface area contributed by atoms with Crippen molar-refractivity contribution in [2.24, 2.45) is 0 Å². The van der Waals surface area contributed by atoms with Crippen molar-refractivity contribution in [3.05, 3.63) is 24.0 Å². The molecule has 2 rings (SSSR count). The molecule has 1 aliphatic heterocycles. The molecule has 0 saturated carbocycles. The number of hydrogen-bond donors (Lipinski definition) is 0. The Hall–Kier alpha value is -2.22. The summed E-state index contributed by atoms with van der Waals surface area (Å²) in [6, 6.07) is 0. The predicted molar refractivity (Wildman–Crippen MR) is 93.1 cm³/mol. The van der Waals surface area contributed by atoms with E-state index in [0.717, 1.165) is 13.0 Å². The molecule has 144 valence electrons. The van der Waals surface area contributed by atoms with Gasteiger partial charge in [0.2, 0.25) is 0 Å². The maximum Gasteiger partial charge on any atom is 0.303 e. The van der Waals surface area contributed by atoms with E-state index in [4.69, 9.17) is 14.2 Å². The molecule has 0 bridgehead atoms. The van der Waals surface area contributed by atoms with Crippen molar-refractivity contribution in [1.29, 1.82) is 0 Å². The zero-order valence-corrected chi connectivity index (χ0v) is 15.6. The van der Waals surface area contributed by atoms with E-state index in [-0.39, 0.29) is 6.61 Å². The molecule has 0 saturated heterocycles. The van der Waals surface area contributed by atoms with Gasteiger partial charge in [-0.3, -0.25) is 14.3 Å². The van der Waals surface area contributed by atoms with E-state index in [1.807, 2.05) is 6.20 Å². The Morgan fingerprint density at radius 3 is 2.69 bits per heavy atom. The Labute approximate surface area is 153 Å². The van der Waals surface area contributed by atoms with E-state index in [1.54, 1.807) is 16.8 Å². The lowest BCUT2D eigenvalue weighted by atomic mass is 10.1. The Balaban J connectivity index is 1.99. The molecule has 0 aromatic carbocycles. The van der Waals surface area contributed by atoms with Gasteiger partial charge in [0.25, 0.3) is 0 Å². The minimum absolute atomic E-state index is 0.000719. The van der Waals surface area contributed by atoms with Crippen LogP contribution in [-0.4, -0.2) is 45.7 Å². The highest BCUT2D eigenvalue weighted by atomic mass is 16.6. The number of esters is 2. The largest absolute Gasteiger partial charge is 0.463 e. The lowest BCUT2D eigenvalue weighted by Crippen LogP contribution is -2.39. The molecule has 0 radical (unpaired) electrons. The molecule has 0 unspecified atom stereocenters. The van der Waals surface area contributed by atoms with Crippen molar-refractivity contribution in [3.8, 4) is 0 Å². The number of rotatable bonds is 9. The second kappa shape index (κ2) is 10.1. The normalized spacial score (nSPS) is 22.2. The molecule has 0 aliphatic carbocycles. The Morgan fingerprint density at radius 2 is 2.00 bits per heavy atom. The third-order valence-electron chi connectivity index (χ3n) is 4.00. The van der Waals surface area contributed by atoms with Crippen molar-refractivity contribution in [3.63, 3.8) is 0 Å². The lowest BCUT2D eigenvalue weighted by Gasteiger charge is -2.30. The predicted octanol–water partition coefficient (Wildman–Crippen LogP) is 2.35. The lowest BCUT2D eigenvalue weighted by molar-refractivity contribution is -0.163. The van der Waals surface area contributed by atoms with Gasteiger partial charge in [-0.1, -0.05) is 31.4 Å². The standard InChI is InChI=1S/C18H27N3O5/c1-4-5-6-7-10-21-11-15(19-20-21)16-8-9-17(25-14(3)23)18(26-16)12-24-13(2)22/h8-9,11,16-18H,4-7,10,12H2,1-3H3/t16-,17-,18+/m0/s1. The van der Waals surface area contributed by atoms with Gasteiger partial charge >= 0.3 is 11.9 Å². The first kappa shape index (κ1) is 20.1. The van der Waals surface area contributed by atoms with Crippen LogP contribution < -0.4 is 0 Å². The van der Waals surface area contributed by atoms with E-state index < -0.39 is 30.3 Å². The summed E-state index contributed by atoms with van der Waals surface area (Å²) in [6.45, 7) is 5.64. The third-order valence-corrected chi connectivity index (χ3v) is 4.00. The summed E-state index contributed by atoms with van der Waals surface area (Å²) in [6.07, 6.45) is 8.39. The Bertz CT molecular complexity index is 628. The van der Waals surface area contributed by atoms with Gasteiger partial charge in [0, 0.05) is 20.4 Å². The maximum absolute atomic E-state index is 11.3. The number of aryl methyl sites for hydroxylation is 1. The van der Waals surface area contributed by atoms with Crippen LogP contribution in [0, 0.1) is 0 Å². The molecule has 3 atom stereocenters. The van der Waals surface area contributed by atoms with E-state index in [9.17, 15) is 9.59 Å². The topological polar surface area (TPSA) is 92.5 Å². The van der Waals surface area contributed by atoms with Gasteiger partial charge < -0.3 is 14.2 Å². The second-order valence-corrected chi connectivity index (χ2v) is 6.32. The van der Waals surface area contributed by atoms with Gasteiger partial charge in [-0.25, -0.2) is 0 Å². The minimum Gasteiger partial charge on any atom is -0.463 e. The number of carbonyl (C=O) groups is 2. The number of carbonyl (C=O) groups excluding carboxylic acids is 2. The second-order valence-electron chi connectivity index (χ2n) is 6.32. The van der Waals surface area contributed by atoms with Crippen molar-refractivity contribution < 1.29 is 23.8 Å². The summed E-state index contributed by atoms with van der Waals surface area (Å²) in [7, 11) is 0. The molecule has 26 heavy (non-hydrogen) atoms. The van der Waals surface area contributed by atoms with Gasteiger partial charge in [0.15, 0.2) is 0 Å². The fraction of sp³-hybridized carbons (Fsp3) is 0.667. The molecule has 1 aliphatic rings. The first-order chi connectivity index (χ1) is 12.5. The third kappa shape index (κ3) is 6.25. The van der Waals surface area contributed by atoms with Crippen LogP contribution in [0.25, 0.3) is 0 Å². The Kier molecular flexibility index (Phi) is 7.77. The zero-order chi connectivity index (χ0) is 18.9. The van der Waals surface area contributed by atoms with E-state index in [2.05, 4.69) is 17.2 Å². The van der Waals surface area contributed by atoms with Crippen LogP contribution in [0.4, 0.5) is 0 Å². The van der Waals surface area contributed by atoms with Crippen molar-refractivity contribution in [2.45, 2.75) is 71.3 Å². The number of unbranched alkanes of at least 4 members (excludes halogenated alkanes) is 3. The first-order valence-electron chi connectivity index (χ1n) is 9.04. The van der Waals surface area contributed by atoms with Crippen LogP contribution in [0.15, 0.2) is 18.3 Å². The summed E-state index contributed by atoms with van der Waals surface area (Å²) in [5, 5.41) is 8.31. The molecular weight excluding hydrogens is 338 g/mol. The Morgan fingerprint density at radius 1 is 1.19 bits per heavy atom. The van der Waals surface area contributed by atoms with Gasteiger partial charge in [-0.05, 0) is 18.6 Å². The van der Waals surface area contributed by atoms with Crippen molar-refractivity contribution in [1.82, 2.24) is 15.0 Å². The molecule has 0 N–H and O–H groups in total. The molecule has 1 aromatic rings. The highest BCUT2D eigenvalue weighted by Crippen LogP contribution is 2.26. The summed E-state index contributed by atoms with van der Waals surface area (Å²) >= 11 is 0. The van der Waals surface area contributed by atoms with Crippen LogP contribution in [-0.2, 0) is 30.3 Å². The monoisotopic (exact) mass is 365 g/mol. The van der Waals surface area contributed by atoms with Crippen LogP contribution in [0.1, 0.15) is 58.3 Å². The molecule has 0 amide bonds. The van der Waals surface area contributed by atoms with Crippen molar-refractivity contribution in [2.75, 3.05) is 6.61 Å². The van der Waals surface area contributed by atoms with Gasteiger partial charge in [-0.2, -0.15) is 0 Å². The molecule has 8 nitrogen and oxygen atoms in total. The van der Waals surface area contributed by atoms with Crippen molar-refractivity contribution >= 4 is 11.9 Å². The number of aromatic nitrogens is 3. The SMILES string of the molecule is CCCCCCn1cc([C@@H]2C=C[C@H](OC(C)=O)[C@@H](COC(C)=O)O2)nn1. The summed E-state index contributed by atoms with van der Waals surface area (Å²) in [5.41, 5.74) is 0.672. The maximum atomic E-state index is 11.3. The summed E-state index contributed by atoms with van der Waals surface area (Å²) < 4.78 is 18.0. The smallest absolute Gasteiger partial charge is 0.303 e. The molecule has 0 spiro atoms. The van der Waals surface area contributed by atoms with E-state index >= 15 is 0 Å². The van der Waals surface area contributed by atoms with Crippen LogP contribution in [0.5, 0.6) is 0 Å². The van der Waals surface area contributed by atoms with Gasteiger partial charge in [-0.15, -0.1) is 5.10 Å². The molecule has 8 heteroatoms. The van der Waals surface area contributed by atoms with Gasteiger partial charge in [0.1, 0.15) is 30.6 Å². The average molecular weight is 365 g/mol. The van der Waals surface area contributed by atoms with Crippen LogP contribution in [0.3, 0.4) is 0 Å². The first-order valence-corrected chi connectivity index (χ1v) is 9.04. The quantitative estimate of drug-likeness (QED) is 0.377. The van der Waals surface area contributed by atoms with Gasteiger partial charge in [0.05, 0.1) is 6.20 Å². The highest BCUT2D eigenvalue weighted by Gasteiger charge is 2.32. The molecular formula is C18H27N3O5. The fourth-order valence-corrected chi connectivity index (χ4v) is 2.71. The fourth-order valence-electron chi connectivity index (χ4n) is 2.71. The number of ether oxygens (including phenoxy) is 3. The zero-order valence-electron chi connectivity index (χ0n) is 15.6. The number of nitrogens with zero attached hydrogens (tertiary/aromatic N) is 3. The van der Waals surface area contributed by atoms with E-state index in [0.29, 0.717) is 5.69 Å². The highest BCUT2D eigenvalue weighted by molar-refractivity contribution is 5.66. The summed E-state index contributed by atoms with van der Waals surface area (Å²) in [5.74, 6) is -0.841. The summed E-state index contributed by atoms with van der Waals surface area (Å²) in [4.78, 5) is 22.3. The number of hydrogen-bond acceptors (Lipinski definition) is 7. The van der Waals surface area contributed by atoms with Crippen LogP contribution >= 0.6 is 0 Å². The molecule has 0 fully saturated rings. The van der Waals surface area contributed by atoms with Crippen LogP contribution in [0.2, 0.25) is 0 Å². The average Bonchev–Trinajstić information content (AvgIpc) is 3.06. The minimum atomic E-state index is -0.604. The molecule has 2 heterocycles. The molecule has 1 aromatic heterocycles. The van der Waals surface area contributed by atoms with E-state index in [1.165, 1.54) is 33.1 Å².